The maximum Gasteiger partial charge on any atom is 0.472 e. The summed E-state index contributed by atoms with van der Waals surface area (Å²) in [6, 6.07) is -0.863. The van der Waals surface area contributed by atoms with E-state index in [4.69, 9.17) is 9.05 Å². The highest BCUT2D eigenvalue weighted by Gasteiger charge is 2.28. The average Bonchev–Trinajstić information content (AvgIpc) is 3.42. The van der Waals surface area contributed by atoms with Crippen molar-refractivity contribution in [2.24, 2.45) is 0 Å². The summed E-state index contributed by atoms with van der Waals surface area (Å²) in [7, 11) is 1.57. The molecule has 0 saturated heterocycles. The number of hydrogen-bond donors (Lipinski definition) is 3. The molecule has 1 amide bonds. The summed E-state index contributed by atoms with van der Waals surface area (Å²) < 4.78 is 23.8. The van der Waals surface area contributed by atoms with Gasteiger partial charge in [0.1, 0.15) is 13.2 Å². The number of aliphatic hydroxyl groups excluding tert-OH is 1. The van der Waals surface area contributed by atoms with Crippen LogP contribution in [0.2, 0.25) is 0 Å². The SMILES string of the molecule is CCCCCCCCCCCCCC/C=C\CCCCCCCCCCCCCCCCCCCC(=O)NC(COP(=O)(O)OCC[N+](C)(C)C)C(O)/C=C/CC/C=C/CCCCCCCCCCCCCCCCCCCC. The highest BCUT2D eigenvalue weighted by Crippen LogP contribution is 2.43. The number of phosphoric ester groups is 1. The zero-order chi connectivity index (χ0) is 57.7. The molecule has 0 bridgehead atoms. The third kappa shape index (κ3) is 64.1. The molecule has 8 nitrogen and oxygen atoms in total. The van der Waals surface area contributed by atoms with Gasteiger partial charge >= 0.3 is 7.82 Å². The molecule has 0 aromatic heterocycles. The molecule has 0 aromatic carbocycles. The van der Waals surface area contributed by atoms with Crippen molar-refractivity contribution in [1.29, 1.82) is 0 Å². The van der Waals surface area contributed by atoms with Gasteiger partial charge in [0.05, 0.1) is 39.9 Å². The van der Waals surface area contributed by atoms with E-state index in [1.165, 1.54) is 295 Å². The topological polar surface area (TPSA) is 105 Å². The summed E-state index contributed by atoms with van der Waals surface area (Å²) in [5.74, 6) is -0.180. The second-order valence-corrected chi connectivity index (χ2v) is 26.7. The quantitative estimate of drug-likeness (QED) is 0.0243. The molecule has 468 valence electrons. The van der Waals surface area contributed by atoms with Crippen molar-refractivity contribution in [3.05, 3.63) is 36.5 Å². The Morgan fingerprint density at radius 3 is 1.01 bits per heavy atom. The van der Waals surface area contributed by atoms with Gasteiger partial charge in [0, 0.05) is 6.42 Å². The number of nitrogens with zero attached hydrogens (tertiary/aromatic N) is 1. The van der Waals surface area contributed by atoms with Gasteiger partial charge in [-0.05, 0) is 57.8 Å². The van der Waals surface area contributed by atoms with Gasteiger partial charge in [-0.25, -0.2) is 4.57 Å². The molecule has 0 heterocycles. The maximum absolute atomic E-state index is 13.0. The Balaban J connectivity index is 4.06. The molecule has 3 unspecified atom stereocenters. The average molecular weight is 1130 g/mol. The number of amides is 1. The third-order valence-corrected chi connectivity index (χ3v) is 17.1. The lowest BCUT2D eigenvalue weighted by atomic mass is 10.0. The number of quaternary nitrogens is 1. The Labute approximate surface area is 493 Å². The summed E-state index contributed by atoms with van der Waals surface area (Å²) in [4.78, 5) is 23.4. The fourth-order valence-electron chi connectivity index (χ4n) is 10.6. The van der Waals surface area contributed by atoms with E-state index in [9.17, 15) is 19.4 Å². The fourth-order valence-corrected chi connectivity index (χ4v) is 11.4. The summed E-state index contributed by atoms with van der Waals surface area (Å²) in [6.45, 7) is 4.85. The summed E-state index contributed by atoms with van der Waals surface area (Å²) in [6.07, 6.45) is 81.6. The minimum absolute atomic E-state index is 0.0578. The van der Waals surface area contributed by atoms with Crippen molar-refractivity contribution in [2.45, 2.75) is 366 Å². The number of rotatable bonds is 65. The largest absolute Gasteiger partial charge is 0.472 e. The van der Waals surface area contributed by atoms with Gasteiger partial charge < -0.3 is 19.8 Å². The monoisotopic (exact) mass is 1130 g/mol. The Morgan fingerprint density at radius 1 is 0.418 bits per heavy atom. The predicted molar refractivity (Wildman–Crippen MR) is 346 cm³/mol. The van der Waals surface area contributed by atoms with Crippen molar-refractivity contribution in [3.8, 4) is 0 Å². The lowest BCUT2D eigenvalue weighted by Crippen LogP contribution is -2.45. The number of nitrogens with one attached hydrogen (secondary N) is 1. The van der Waals surface area contributed by atoms with Crippen LogP contribution in [-0.4, -0.2) is 73.4 Å². The molecule has 0 rings (SSSR count). The van der Waals surface area contributed by atoms with E-state index in [-0.39, 0.29) is 19.1 Å². The number of likely N-dealkylation sites (N-methyl/N-ethyl adjacent to an activating group) is 1. The van der Waals surface area contributed by atoms with Crippen molar-refractivity contribution < 1.29 is 32.9 Å². The second kappa shape index (κ2) is 61.3. The number of unbranched alkanes of at least 4 members (excludes halogenated alkanes) is 48. The van der Waals surface area contributed by atoms with Crippen molar-refractivity contribution >= 4 is 13.7 Å². The van der Waals surface area contributed by atoms with Crippen LogP contribution in [0, 0.1) is 0 Å². The van der Waals surface area contributed by atoms with Crippen LogP contribution in [0.1, 0.15) is 354 Å². The van der Waals surface area contributed by atoms with Crippen LogP contribution in [0.15, 0.2) is 36.5 Å². The molecule has 3 N–H and O–H groups in total. The molecule has 0 aromatic rings. The van der Waals surface area contributed by atoms with Gasteiger partial charge in [-0.3, -0.25) is 13.8 Å². The molecule has 0 saturated carbocycles. The molecule has 0 fully saturated rings. The molecule has 0 radical (unpaired) electrons. The third-order valence-electron chi connectivity index (χ3n) is 16.1. The first-order valence-electron chi connectivity index (χ1n) is 34.9. The van der Waals surface area contributed by atoms with E-state index >= 15 is 0 Å². The van der Waals surface area contributed by atoms with E-state index in [2.05, 4.69) is 43.5 Å². The van der Waals surface area contributed by atoms with Crippen LogP contribution >= 0.6 is 7.82 Å². The highest BCUT2D eigenvalue weighted by atomic mass is 31.2. The smallest absolute Gasteiger partial charge is 0.387 e. The molecule has 0 spiro atoms. The zero-order valence-electron chi connectivity index (χ0n) is 53.6. The minimum Gasteiger partial charge on any atom is -0.387 e. The molecule has 0 aliphatic heterocycles. The number of carbonyl (C=O) groups is 1. The van der Waals surface area contributed by atoms with Crippen LogP contribution in [-0.2, 0) is 18.4 Å². The minimum atomic E-state index is -4.36. The molecular weight excluding hydrogens is 996 g/mol. The van der Waals surface area contributed by atoms with Gasteiger partial charge in [0.25, 0.3) is 0 Å². The molecule has 3 atom stereocenters. The maximum atomic E-state index is 13.0. The predicted octanol–water partition coefficient (Wildman–Crippen LogP) is 22.1. The number of aliphatic hydroxyl groups is 1. The van der Waals surface area contributed by atoms with E-state index in [0.29, 0.717) is 17.4 Å². The molecule has 9 heteroatoms. The number of hydrogen-bond acceptors (Lipinski definition) is 5. The lowest BCUT2D eigenvalue weighted by molar-refractivity contribution is -0.870. The van der Waals surface area contributed by atoms with Crippen molar-refractivity contribution in [3.63, 3.8) is 0 Å². The standard InChI is InChI=1S/C70H137N2O6P/c1-6-8-10-12-14-16-18-20-22-24-26-28-30-32-33-34-35-36-37-38-39-40-42-44-46-48-50-52-54-56-58-60-62-64-70(74)71-68(67-78-79(75,76)77-66-65-72(3,4)5)69(73)63-61-59-57-55-53-51-49-47-45-43-41-31-29-27-25-23-21-19-17-15-13-11-9-7-2/h32-33,53,55,61,63,68-69,73H,6-31,34-52,54,56-60,62,64-67H2,1-5H3,(H-,71,74,75,76)/p+1/b33-32-,55-53+,63-61+. The summed E-state index contributed by atoms with van der Waals surface area (Å²) in [5, 5.41) is 14.0. The van der Waals surface area contributed by atoms with Gasteiger partial charge in [0.2, 0.25) is 5.91 Å². The Kier molecular flexibility index (Phi) is 60.3. The zero-order valence-corrected chi connectivity index (χ0v) is 54.5. The normalized spacial score (nSPS) is 13.9. The van der Waals surface area contributed by atoms with Crippen molar-refractivity contribution in [1.82, 2.24) is 5.32 Å². The summed E-state index contributed by atoms with van der Waals surface area (Å²) in [5.41, 5.74) is 0. The first kappa shape index (κ1) is 77.7. The fraction of sp³-hybridized carbons (Fsp3) is 0.900. The molecule has 0 aliphatic carbocycles. The Bertz CT molecular complexity index is 1380. The van der Waals surface area contributed by atoms with E-state index < -0.39 is 20.0 Å². The second-order valence-electron chi connectivity index (χ2n) is 25.3. The summed E-state index contributed by atoms with van der Waals surface area (Å²) >= 11 is 0. The van der Waals surface area contributed by atoms with Gasteiger partial charge in [-0.1, -0.05) is 326 Å². The lowest BCUT2D eigenvalue weighted by Gasteiger charge is -2.25. The highest BCUT2D eigenvalue weighted by molar-refractivity contribution is 7.47. The van der Waals surface area contributed by atoms with E-state index in [1.807, 2.05) is 27.2 Å². The van der Waals surface area contributed by atoms with Crippen LogP contribution in [0.5, 0.6) is 0 Å². The van der Waals surface area contributed by atoms with Gasteiger partial charge in [-0.2, -0.15) is 0 Å². The molecule has 79 heavy (non-hydrogen) atoms. The van der Waals surface area contributed by atoms with Gasteiger partial charge in [-0.15, -0.1) is 0 Å². The molecular formula is C70H138N2O6P+. The first-order chi connectivity index (χ1) is 38.5. The number of phosphoric acid groups is 1. The van der Waals surface area contributed by atoms with Crippen LogP contribution in [0.4, 0.5) is 0 Å². The van der Waals surface area contributed by atoms with E-state index in [1.54, 1.807) is 6.08 Å². The Hall–Kier alpha value is -1.28. The molecule has 0 aliphatic rings. The first-order valence-corrected chi connectivity index (χ1v) is 36.4. The van der Waals surface area contributed by atoms with Crippen LogP contribution < -0.4 is 5.32 Å². The van der Waals surface area contributed by atoms with Crippen molar-refractivity contribution in [2.75, 3.05) is 40.9 Å². The van der Waals surface area contributed by atoms with Gasteiger partial charge in [0.15, 0.2) is 0 Å². The van der Waals surface area contributed by atoms with Crippen LogP contribution in [0.25, 0.3) is 0 Å². The number of allylic oxidation sites excluding steroid dienone is 5. The van der Waals surface area contributed by atoms with Crippen LogP contribution in [0.3, 0.4) is 0 Å². The Morgan fingerprint density at radius 2 is 0.696 bits per heavy atom. The van der Waals surface area contributed by atoms with E-state index in [0.717, 1.165) is 38.5 Å². The number of carbonyl (C=O) groups excluding carboxylic acids is 1.